The Morgan fingerprint density at radius 2 is 1.46 bits per heavy atom. The standard InChI is InChI=1S/C9H13NO.C9H12O3S/c1-11-7-6-8-2-4-9(10)5-3-8;1-12-7-8-13(10,11)9-5-3-2-4-6-9/h2-5H,6-7,10H2,1H3;2-6H,7-8H2,1H3. The van der Waals surface area contributed by atoms with E-state index < -0.39 is 9.84 Å². The van der Waals surface area contributed by atoms with Gasteiger partial charge in [-0.2, -0.15) is 0 Å². The molecular weight excluding hydrogens is 326 g/mol. The molecule has 0 unspecified atom stereocenters. The van der Waals surface area contributed by atoms with Gasteiger partial charge < -0.3 is 15.2 Å². The lowest BCUT2D eigenvalue weighted by molar-refractivity contribution is 0.202. The molecule has 2 aromatic rings. The Morgan fingerprint density at radius 3 is 2.00 bits per heavy atom. The fourth-order valence-electron chi connectivity index (χ4n) is 1.84. The summed E-state index contributed by atoms with van der Waals surface area (Å²) in [6, 6.07) is 16.2. The van der Waals surface area contributed by atoms with Crippen molar-refractivity contribution in [3.05, 3.63) is 60.2 Å². The Hall–Kier alpha value is -1.89. The quantitative estimate of drug-likeness (QED) is 0.776. The minimum Gasteiger partial charge on any atom is -0.399 e. The monoisotopic (exact) mass is 351 g/mol. The maximum absolute atomic E-state index is 11.5. The van der Waals surface area contributed by atoms with E-state index in [1.165, 1.54) is 12.7 Å². The minimum absolute atomic E-state index is 0.0352. The number of rotatable bonds is 7. The molecule has 0 fully saturated rings. The molecule has 24 heavy (non-hydrogen) atoms. The molecule has 0 aliphatic carbocycles. The predicted molar refractivity (Wildman–Crippen MR) is 96.8 cm³/mol. The van der Waals surface area contributed by atoms with Crippen molar-refractivity contribution in [2.45, 2.75) is 11.3 Å². The Labute approximate surface area is 144 Å². The highest BCUT2D eigenvalue weighted by molar-refractivity contribution is 7.91. The lowest BCUT2D eigenvalue weighted by atomic mass is 10.1. The van der Waals surface area contributed by atoms with Crippen molar-refractivity contribution in [1.29, 1.82) is 0 Å². The maximum atomic E-state index is 11.5. The molecule has 0 atom stereocenters. The maximum Gasteiger partial charge on any atom is 0.180 e. The number of hydrogen-bond donors (Lipinski definition) is 1. The lowest BCUT2D eigenvalue weighted by Crippen LogP contribution is -2.11. The molecule has 0 spiro atoms. The molecule has 132 valence electrons. The first kappa shape index (κ1) is 20.2. The van der Waals surface area contributed by atoms with Crippen LogP contribution in [0.3, 0.4) is 0 Å². The predicted octanol–water partition coefficient (Wildman–Crippen LogP) is 2.56. The number of anilines is 1. The van der Waals surface area contributed by atoms with Gasteiger partial charge in [0.25, 0.3) is 0 Å². The highest BCUT2D eigenvalue weighted by Gasteiger charge is 2.12. The summed E-state index contributed by atoms with van der Waals surface area (Å²) in [6.07, 6.45) is 0.955. The Kier molecular flexibility index (Phi) is 9.07. The summed E-state index contributed by atoms with van der Waals surface area (Å²) in [6.45, 7) is 1.00. The van der Waals surface area contributed by atoms with Gasteiger partial charge in [-0.1, -0.05) is 30.3 Å². The van der Waals surface area contributed by atoms with Crippen molar-refractivity contribution in [3.8, 4) is 0 Å². The van der Waals surface area contributed by atoms with E-state index in [0.29, 0.717) is 4.90 Å². The van der Waals surface area contributed by atoms with Crippen LogP contribution < -0.4 is 5.73 Å². The molecule has 0 aliphatic rings. The van der Waals surface area contributed by atoms with E-state index in [4.69, 9.17) is 15.2 Å². The van der Waals surface area contributed by atoms with E-state index >= 15 is 0 Å². The van der Waals surface area contributed by atoms with E-state index in [1.54, 1.807) is 37.4 Å². The second kappa shape index (κ2) is 10.8. The van der Waals surface area contributed by atoms with Crippen molar-refractivity contribution in [3.63, 3.8) is 0 Å². The molecule has 0 saturated carbocycles. The van der Waals surface area contributed by atoms with Crippen LogP contribution in [0.4, 0.5) is 5.69 Å². The van der Waals surface area contributed by atoms with Crippen LogP contribution in [-0.4, -0.2) is 41.6 Å². The van der Waals surface area contributed by atoms with E-state index in [-0.39, 0.29) is 12.4 Å². The topological polar surface area (TPSA) is 78.6 Å². The zero-order chi connectivity index (χ0) is 17.8. The fourth-order valence-corrected chi connectivity index (χ4v) is 3.04. The summed E-state index contributed by atoms with van der Waals surface area (Å²) in [5, 5.41) is 0. The van der Waals surface area contributed by atoms with Gasteiger partial charge in [0.2, 0.25) is 0 Å². The molecule has 0 heterocycles. The number of methoxy groups -OCH3 is 2. The molecule has 0 radical (unpaired) electrons. The SMILES string of the molecule is COCCS(=O)(=O)c1ccccc1.COCCc1ccc(N)cc1. The van der Waals surface area contributed by atoms with E-state index in [9.17, 15) is 8.42 Å². The number of nitrogen functional groups attached to an aromatic ring is 1. The Balaban J connectivity index is 0.000000243. The molecule has 0 bridgehead atoms. The number of ether oxygens (including phenoxy) is 2. The van der Waals surface area contributed by atoms with Gasteiger partial charge in [0, 0.05) is 19.9 Å². The first-order chi connectivity index (χ1) is 11.5. The number of sulfone groups is 1. The number of nitrogens with two attached hydrogens (primary N) is 1. The zero-order valence-corrected chi connectivity index (χ0v) is 15.0. The average Bonchev–Trinajstić information content (AvgIpc) is 2.61. The average molecular weight is 351 g/mol. The minimum atomic E-state index is -3.15. The Bertz CT molecular complexity index is 670. The first-order valence-corrected chi connectivity index (χ1v) is 9.25. The second-order valence-electron chi connectivity index (χ2n) is 5.11. The van der Waals surface area contributed by atoms with Crippen LogP contribution in [0.25, 0.3) is 0 Å². The highest BCUT2D eigenvalue weighted by atomic mass is 32.2. The summed E-state index contributed by atoms with van der Waals surface area (Å²) in [4.78, 5) is 0.354. The summed E-state index contributed by atoms with van der Waals surface area (Å²) >= 11 is 0. The Morgan fingerprint density at radius 1 is 0.875 bits per heavy atom. The second-order valence-corrected chi connectivity index (χ2v) is 7.22. The van der Waals surface area contributed by atoms with Gasteiger partial charge in [-0.15, -0.1) is 0 Å². The normalized spacial score (nSPS) is 10.8. The van der Waals surface area contributed by atoms with Crippen molar-refractivity contribution >= 4 is 15.5 Å². The molecule has 0 aliphatic heterocycles. The van der Waals surface area contributed by atoms with Gasteiger partial charge in [-0.3, -0.25) is 0 Å². The molecule has 6 heteroatoms. The molecule has 5 nitrogen and oxygen atoms in total. The van der Waals surface area contributed by atoms with Crippen LogP contribution in [0.2, 0.25) is 0 Å². The summed E-state index contributed by atoms with van der Waals surface area (Å²) in [7, 11) is 0.0448. The van der Waals surface area contributed by atoms with Gasteiger partial charge >= 0.3 is 0 Å². The lowest BCUT2D eigenvalue weighted by Gasteiger charge is -2.02. The fraction of sp³-hybridized carbons (Fsp3) is 0.333. The third-order valence-electron chi connectivity index (χ3n) is 3.23. The van der Waals surface area contributed by atoms with E-state index in [0.717, 1.165) is 18.7 Å². The van der Waals surface area contributed by atoms with Gasteiger partial charge in [-0.25, -0.2) is 8.42 Å². The molecule has 0 aromatic heterocycles. The van der Waals surface area contributed by atoms with Crippen molar-refractivity contribution < 1.29 is 17.9 Å². The number of hydrogen-bond acceptors (Lipinski definition) is 5. The third kappa shape index (κ3) is 7.59. The summed E-state index contributed by atoms with van der Waals surface area (Å²) in [5.41, 5.74) is 7.60. The van der Waals surface area contributed by atoms with Gasteiger partial charge in [0.1, 0.15) is 0 Å². The molecule has 0 amide bonds. The summed E-state index contributed by atoms with van der Waals surface area (Å²) in [5.74, 6) is 0.0352. The highest BCUT2D eigenvalue weighted by Crippen LogP contribution is 2.09. The van der Waals surface area contributed by atoms with Gasteiger partial charge in [-0.05, 0) is 36.2 Å². The van der Waals surface area contributed by atoms with Crippen LogP contribution in [-0.2, 0) is 25.7 Å². The molecule has 2 N–H and O–H groups in total. The van der Waals surface area contributed by atoms with E-state index in [2.05, 4.69) is 0 Å². The van der Waals surface area contributed by atoms with Crippen molar-refractivity contribution in [2.75, 3.05) is 38.9 Å². The molecule has 2 aromatic carbocycles. The van der Waals surface area contributed by atoms with E-state index in [1.807, 2.05) is 24.3 Å². The van der Waals surface area contributed by atoms with Crippen LogP contribution >= 0.6 is 0 Å². The first-order valence-electron chi connectivity index (χ1n) is 7.59. The van der Waals surface area contributed by atoms with Crippen LogP contribution in [0, 0.1) is 0 Å². The van der Waals surface area contributed by atoms with Crippen LogP contribution in [0.15, 0.2) is 59.5 Å². The zero-order valence-electron chi connectivity index (χ0n) is 14.1. The van der Waals surface area contributed by atoms with Crippen molar-refractivity contribution in [1.82, 2.24) is 0 Å². The van der Waals surface area contributed by atoms with Crippen molar-refractivity contribution in [2.24, 2.45) is 0 Å². The summed E-state index contributed by atoms with van der Waals surface area (Å²) < 4.78 is 32.7. The molecular formula is C18H25NO4S. The van der Waals surface area contributed by atoms with Gasteiger partial charge in [0.15, 0.2) is 9.84 Å². The molecule has 0 saturated heterocycles. The largest absolute Gasteiger partial charge is 0.399 e. The van der Waals surface area contributed by atoms with Gasteiger partial charge in [0.05, 0.1) is 23.9 Å². The third-order valence-corrected chi connectivity index (χ3v) is 4.93. The smallest absolute Gasteiger partial charge is 0.180 e. The van der Waals surface area contributed by atoms with Crippen LogP contribution in [0.5, 0.6) is 0 Å². The molecule has 2 rings (SSSR count). The van der Waals surface area contributed by atoms with Crippen LogP contribution in [0.1, 0.15) is 5.56 Å². The number of benzene rings is 2.